The van der Waals surface area contributed by atoms with Crippen LogP contribution in [0.2, 0.25) is 0 Å². The van der Waals surface area contributed by atoms with E-state index < -0.39 is 0 Å². The molecule has 0 aromatic rings. The predicted octanol–water partition coefficient (Wildman–Crippen LogP) is 2.93. The highest BCUT2D eigenvalue weighted by molar-refractivity contribution is 5.06. The van der Waals surface area contributed by atoms with E-state index in [1.807, 2.05) is 0 Å². The molecule has 94 valence electrons. The summed E-state index contributed by atoms with van der Waals surface area (Å²) in [6.45, 7) is 6.26. The predicted molar refractivity (Wildman–Crippen MR) is 71.5 cm³/mol. The minimum absolute atomic E-state index is 0.219. The van der Waals surface area contributed by atoms with Gasteiger partial charge >= 0.3 is 0 Å². The third-order valence-electron chi connectivity index (χ3n) is 4.31. The van der Waals surface area contributed by atoms with Gasteiger partial charge in [0.15, 0.2) is 0 Å². The molecule has 1 aliphatic carbocycles. The molecule has 1 unspecified atom stereocenters. The molecule has 1 aliphatic rings. The van der Waals surface area contributed by atoms with Crippen molar-refractivity contribution in [2.24, 2.45) is 5.73 Å². The number of nitrogens with two attached hydrogens (primary N) is 1. The van der Waals surface area contributed by atoms with Crippen molar-refractivity contribution in [1.82, 2.24) is 4.90 Å². The zero-order valence-corrected chi connectivity index (χ0v) is 11.3. The smallest absolute Gasteiger partial charge is 0.0357 e. The van der Waals surface area contributed by atoms with Crippen molar-refractivity contribution in [3.8, 4) is 0 Å². The first-order chi connectivity index (χ1) is 7.53. The quantitative estimate of drug-likeness (QED) is 0.728. The molecule has 0 bridgehead atoms. The van der Waals surface area contributed by atoms with Gasteiger partial charge in [-0.15, -0.1) is 0 Å². The highest BCUT2D eigenvalue weighted by Crippen LogP contribution is 2.36. The zero-order valence-electron chi connectivity index (χ0n) is 11.3. The lowest BCUT2D eigenvalue weighted by Gasteiger charge is -2.47. The molecular weight excluding hydrogens is 196 g/mol. The van der Waals surface area contributed by atoms with Crippen molar-refractivity contribution in [3.63, 3.8) is 0 Å². The molecule has 0 amide bonds. The van der Waals surface area contributed by atoms with Crippen LogP contribution in [0.4, 0.5) is 0 Å². The van der Waals surface area contributed by atoms with E-state index in [2.05, 4.69) is 32.5 Å². The fraction of sp³-hybridized carbons (Fsp3) is 0.857. The summed E-state index contributed by atoms with van der Waals surface area (Å²) < 4.78 is 0. The fourth-order valence-corrected chi connectivity index (χ4v) is 2.96. The summed E-state index contributed by atoms with van der Waals surface area (Å²) in [5.41, 5.74) is 7.97. The Hall–Kier alpha value is -0.340. The van der Waals surface area contributed by atoms with Gasteiger partial charge in [0.05, 0.1) is 0 Å². The summed E-state index contributed by atoms with van der Waals surface area (Å²) in [5, 5.41) is 0. The number of likely N-dealkylation sites (N-methyl/N-ethyl adjacent to an activating group) is 1. The van der Waals surface area contributed by atoms with E-state index in [1.54, 1.807) is 0 Å². The molecule has 0 aromatic carbocycles. The van der Waals surface area contributed by atoms with Gasteiger partial charge in [0, 0.05) is 11.6 Å². The second-order valence-electron chi connectivity index (χ2n) is 5.47. The molecule has 0 saturated heterocycles. The summed E-state index contributed by atoms with van der Waals surface area (Å²) >= 11 is 0. The van der Waals surface area contributed by atoms with Crippen molar-refractivity contribution in [3.05, 3.63) is 12.2 Å². The largest absolute Gasteiger partial charge is 0.326 e. The van der Waals surface area contributed by atoms with Gasteiger partial charge in [0.1, 0.15) is 0 Å². The first-order valence-corrected chi connectivity index (χ1v) is 6.62. The van der Waals surface area contributed by atoms with E-state index in [1.165, 1.54) is 37.7 Å². The van der Waals surface area contributed by atoms with Crippen molar-refractivity contribution >= 4 is 0 Å². The van der Waals surface area contributed by atoms with E-state index in [9.17, 15) is 0 Å². The first kappa shape index (κ1) is 13.7. The molecule has 0 radical (unpaired) electrons. The van der Waals surface area contributed by atoms with Gasteiger partial charge < -0.3 is 10.6 Å². The normalized spacial score (nSPS) is 22.1. The Morgan fingerprint density at radius 2 is 1.88 bits per heavy atom. The lowest BCUT2D eigenvalue weighted by atomic mass is 9.74. The van der Waals surface area contributed by atoms with Crippen LogP contribution in [-0.2, 0) is 0 Å². The molecule has 0 aromatic heterocycles. The molecule has 2 nitrogen and oxygen atoms in total. The third-order valence-corrected chi connectivity index (χ3v) is 4.31. The summed E-state index contributed by atoms with van der Waals surface area (Å²) in [4.78, 5) is 2.36. The van der Waals surface area contributed by atoms with E-state index in [0.29, 0.717) is 0 Å². The number of nitrogens with zero attached hydrogens (tertiary/aromatic N) is 1. The minimum atomic E-state index is 0.219. The van der Waals surface area contributed by atoms with Crippen molar-refractivity contribution in [2.45, 2.75) is 63.5 Å². The van der Waals surface area contributed by atoms with Crippen molar-refractivity contribution < 1.29 is 0 Å². The Morgan fingerprint density at radius 1 is 1.31 bits per heavy atom. The summed E-state index contributed by atoms with van der Waals surface area (Å²) in [6.07, 6.45) is 8.55. The van der Waals surface area contributed by atoms with Gasteiger partial charge in [-0.05, 0) is 39.8 Å². The topological polar surface area (TPSA) is 29.3 Å². The molecule has 2 N–H and O–H groups in total. The molecule has 0 spiro atoms. The lowest BCUT2D eigenvalue weighted by molar-refractivity contribution is 0.0714. The molecule has 1 rings (SSSR count). The van der Waals surface area contributed by atoms with Crippen LogP contribution in [0, 0.1) is 0 Å². The average Bonchev–Trinajstić information content (AvgIpc) is 2.29. The molecule has 0 aliphatic heterocycles. The average molecular weight is 224 g/mol. The minimum Gasteiger partial charge on any atom is -0.326 e. The summed E-state index contributed by atoms with van der Waals surface area (Å²) in [7, 11) is 4.36. The third kappa shape index (κ3) is 2.86. The van der Waals surface area contributed by atoms with Crippen LogP contribution in [0.15, 0.2) is 12.2 Å². The highest BCUT2D eigenvalue weighted by atomic mass is 15.2. The summed E-state index contributed by atoms with van der Waals surface area (Å²) in [5.74, 6) is 0. The molecule has 0 heterocycles. The molecular formula is C14H28N2. The van der Waals surface area contributed by atoms with Crippen LogP contribution in [0.5, 0.6) is 0 Å². The van der Waals surface area contributed by atoms with Crippen LogP contribution in [0.1, 0.15) is 51.9 Å². The lowest BCUT2D eigenvalue weighted by Crippen LogP contribution is -2.58. The van der Waals surface area contributed by atoms with E-state index in [4.69, 9.17) is 5.73 Å². The Labute approximate surface area is 101 Å². The number of hydrogen-bond acceptors (Lipinski definition) is 2. The second-order valence-corrected chi connectivity index (χ2v) is 5.47. The fourth-order valence-electron chi connectivity index (χ4n) is 2.96. The second kappa shape index (κ2) is 5.83. The Morgan fingerprint density at radius 3 is 2.31 bits per heavy atom. The molecule has 1 fully saturated rings. The molecule has 1 saturated carbocycles. The van der Waals surface area contributed by atoms with E-state index >= 15 is 0 Å². The van der Waals surface area contributed by atoms with E-state index in [0.717, 1.165) is 12.8 Å². The maximum Gasteiger partial charge on any atom is 0.0357 e. The molecule has 1 atom stereocenters. The van der Waals surface area contributed by atoms with E-state index in [-0.39, 0.29) is 11.6 Å². The van der Waals surface area contributed by atoms with Crippen LogP contribution in [0.3, 0.4) is 0 Å². The standard InChI is InChI=1S/C14H28N2/c1-5-12(2)11-13(15)14(16(3)4)9-7-6-8-10-14/h13H,2,5-11,15H2,1,3-4H3. The maximum absolute atomic E-state index is 6.46. The number of hydrogen-bond donors (Lipinski definition) is 1. The monoisotopic (exact) mass is 224 g/mol. The Bertz CT molecular complexity index is 227. The van der Waals surface area contributed by atoms with Gasteiger partial charge in [-0.1, -0.05) is 38.3 Å². The van der Waals surface area contributed by atoms with Crippen LogP contribution >= 0.6 is 0 Å². The van der Waals surface area contributed by atoms with Gasteiger partial charge in [0.25, 0.3) is 0 Å². The Balaban J connectivity index is 2.72. The van der Waals surface area contributed by atoms with Crippen LogP contribution in [0.25, 0.3) is 0 Å². The number of rotatable bonds is 5. The van der Waals surface area contributed by atoms with Gasteiger partial charge in [-0.25, -0.2) is 0 Å². The molecule has 16 heavy (non-hydrogen) atoms. The van der Waals surface area contributed by atoms with Gasteiger partial charge in [-0.2, -0.15) is 0 Å². The summed E-state index contributed by atoms with van der Waals surface area (Å²) in [6, 6.07) is 0.246. The van der Waals surface area contributed by atoms with Crippen molar-refractivity contribution in [2.75, 3.05) is 14.1 Å². The Kier molecular flexibility index (Phi) is 5.00. The van der Waals surface area contributed by atoms with Gasteiger partial charge in [-0.3, -0.25) is 0 Å². The SMILES string of the molecule is C=C(CC)CC(N)C1(N(C)C)CCCCC1. The maximum atomic E-state index is 6.46. The van der Waals surface area contributed by atoms with Crippen molar-refractivity contribution in [1.29, 1.82) is 0 Å². The first-order valence-electron chi connectivity index (χ1n) is 6.62. The van der Waals surface area contributed by atoms with Gasteiger partial charge in [0.2, 0.25) is 0 Å². The molecule has 2 heteroatoms. The van der Waals surface area contributed by atoms with Crippen LogP contribution in [-0.4, -0.2) is 30.6 Å². The van der Waals surface area contributed by atoms with Crippen LogP contribution < -0.4 is 5.73 Å². The zero-order chi connectivity index (χ0) is 12.2. The highest BCUT2D eigenvalue weighted by Gasteiger charge is 2.39.